The average molecular weight is 464 g/mol. The van der Waals surface area contributed by atoms with Crippen LogP contribution in [0.15, 0.2) is 59.6 Å². The first-order valence-electron chi connectivity index (χ1n) is 9.83. The maximum atomic E-state index is 11.1. The molecule has 0 spiro atoms. The summed E-state index contributed by atoms with van der Waals surface area (Å²) in [5, 5.41) is 32.0. The molecular formula is C22H17BN2O5S2. The molecular weight excluding hydrogens is 447 g/mol. The van der Waals surface area contributed by atoms with Crippen LogP contribution in [0.2, 0.25) is 0 Å². The molecule has 3 N–H and O–H groups in total. The van der Waals surface area contributed by atoms with Gasteiger partial charge in [0.25, 0.3) is 0 Å². The van der Waals surface area contributed by atoms with Crippen LogP contribution in [-0.2, 0) is 11.4 Å². The summed E-state index contributed by atoms with van der Waals surface area (Å²) in [5.74, 6) is 0.118. The second kappa shape index (κ2) is 8.55. The Morgan fingerprint density at radius 1 is 1.16 bits per heavy atom. The summed E-state index contributed by atoms with van der Waals surface area (Å²) < 4.78 is 6.93. The Kier molecular flexibility index (Phi) is 5.60. The van der Waals surface area contributed by atoms with Crippen molar-refractivity contribution in [3.63, 3.8) is 0 Å². The van der Waals surface area contributed by atoms with Gasteiger partial charge in [-0.1, -0.05) is 36.4 Å². The van der Waals surface area contributed by atoms with E-state index in [2.05, 4.69) is 9.98 Å². The fourth-order valence-electron chi connectivity index (χ4n) is 3.61. The molecule has 3 aromatic carbocycles. The van der Waals surface area contributed by atoms with Gasteiger partial charge in [-0.3, -0.25) is 4.99 Å². The maximum absolute atomic E-state index is 11.1. The molecule has 4 aromatic rings. The number of aliphatic carboxylic acids is 1. The summed E-state index contributed by atoms with van der Waals surface area (Å²) in [4.78, 5) is 20.0. The number of carboxylic acids is 1. The first-order valence-corrected chi connectivity index (χ1v) is 11.6. The van der Waals surface area contributed by atoms with Crippen molar-refractivity contribution < 1.29 is 24.7 Å². The molecule has 0 saturated carbocycles. The lowest BCUT2D eigenvalue weighted by Gasteiger charge is -2.14. The molecule has 5 rings (SSSR count). The van der Waals surface area contributed by atoms with Crippen molar-refractivity contribution in [2.75, 3.05) is 5.75 Å². The number of nitrogens with zero attached hydrogens (tertiary/aromatic N) is 2. The van der Waals surface area contributed by atoms with E-state index >= 15 is 0 Å². The highest BCUT2D eigenvalue weighted by atomic mass is 32.2. The lowest BCUT2D eigenvalue weighted by molar-refractivity contribution is -0.137. The van der Waals surface area contributed by atoms with E-state index < -0.39 is 19.1 Å². The van der Waals surface area contributed by atoms with E-state index in [1.54, 1.807) is 6.07 Å². The van der Waals surface area contributed by atoms with Crippen LogP contribution in [0.4, 0.5) is 0 Å². The third-order valence-corrected chi connectivity index (χ3v) is 7.43. The summed E-state index contributed by atoms with van der Waals surface area (Å²) in [6, 6.07) is 16.1. The Morgan fingerprint density at radius 2 is 2.00 bits per heavy atom. The molecule has 1 aromatic heterocycles. The van der Waals surface area contributed by atoms with Crippen LogP contribution in [0, 0.1) is 0 Å². The van der Waals surface area contributed by atoms with Gasteiger partial charge in [-0.25, -0.2) is 9.78 Å². The normalized spacial score (nSPS) is 15.8. The largest absolute Gasteiger partial charge is 0.489 e. The number of thioether (sulfide) groups is 1. The molecule has 0 aliphatic carbocycles. The minimum Gasteiger partial charge on any atom is -0.489 e. The van der Waals surface area contributed by atoms with Gasteiger partial charge < -0.3 is 19.9 Å². The Labute approximate surface area is 191 Å². The van der Waals surface area contributed by atoms with Crippen LogP contribution in [0.1, 0.15) is 10.6 Å². The van der Waals surface area contributed by atoms with Crippen LogP contribution in [0.5, 0.6) is 5.75 Å². The average Bonchev–Trinajstić information content (AvgIpc) is 3.44. The highest BCUT2D eigenvalue weighted by Gasteiger charge is 2.27. The van der Waals surface area contributed by atoms with Crippen LogP contribution >= 0.6 is 23.1 Å². The number of thiazole rings is 1. The third-order valence-electron chi connectivity index (χ3n) is 5.22. The van der Waals surface area contributed by atoms with Crippen molar-refractivity contribution in [1.82, 2.24) is 4.98 Å². The van der Waals surface area contributed by atoms with E-state index in [4.69, 9.17) is 9.84 Å². The van der Waals surface area contributed by atoms with E-state index in [1.165, 1.54) is 23.1 Å². The lowest BCUT2D eigenvalue weighted by Crippen LogP contribution is -2.33. The molecule has 2 heterocycles. The number of hydrogen-bond donors (Lipinski definition) is 3. The highest BCUT2D eigenvalue weighted by molar-refractivity contribution is 8.15. The lowest BCUT2D eigenvalue weighted by atomic mass is 9.75. The molecule has 10 heteroatoms. The van der Waals surface area contributed by atoms with Crippen LogP contribution in [0.3, 0.4) is 0 Å². The number of rotatable bonds is 6. The van der Waals surface area contributed by atoms with Gasteiger partial charge in [0.05, 0.1) is 10.2 Å². The predicted octanol–water partition coefficient (Wildman–Crippen LogP) is 2.65. The van der Waals surface area contributed by atoms with Gasteiger partial charge in [-0.2, -0.15) is 0 Å². The number of hydrogen-bond acceptors (Lipinski definition) is 8. The highest BCUT2D eigenvalue weighted by Crippen LogP contribution is 2.32. The Morgan fingerprint density at radius 3 is 2.78 bits per heavy atom. The van der Waals surface area contributed by atoms with Gasteiger partial charge in [-0.05, 0) is 40.0 Å². The van der Waals surface area contributed by atoms with Crippen molar-refractivity contribution in [1.29, 1.82) is 0 Å². The Balaban J connectivity index is 1.42. The molecule has 1 aliphatic rings. The summed E-state index contributed by atoms with van der Waals surface area (Å²) in [6.07, 6.45) is 0. The first-order chi connectivity index (χ1) is 15.5. The maximum Gasteiger partial charge on any atom is 0.488 e. The molecule has 1 aliphatic heterocycles. The van der Waals surface area contributed by atoms with Crippen LogP contribution < -0.4 is 10.2 Å². The van der Waals surface area contributed by atoms with Crippen LogP contribution in [-0.4, -0.2) is 50.1 Å². The van der Waals surface area contributed by atoms with Crippen molar-refractivity contribution in [3.05, 3.63) is 65.2 Å². The quantitative estimate of drug-likeness (QED) is 0.376. The van der Waals surface area contributed by atoms with Gasteiger partial charge in [0.1, 0.15) is 22.4 Å². The van der Waals surface area contributed by atoms with Crippen molar-refractivity contribution in [3.8, 4) is 5.75 Å². The zero-order valence-corrected chi connectivity index (χ0v) is 18.3. The fourth-order valence-corrected chi connectivity index (χ4v) is 5.71. The van der Waals surface area contributed by atoms with E-state index in [1.807, 2.05) is 48.5 Å². The van der Waals surface area contributed by atoms with E-state index in [-0.39, 0.29) is 6.61 Å². The molecule has 0 amide bonds. The van der Waals surface area contributed by atoms with Gasteiger partial charge in [0.2, 0.25) is 0 Å². The molecule has 7 nitrogen and oxygen atoms in total. The second-order valence-corrected chi connectivity index (χ2v) is 9.30. The number of carbonyl (C=O) groups is 1. The molecule has 160 valence electrons. The summed E-state index contributed by atoms with van der Waals surface area (Å²) in [5.41, 5.74) is 1.92. The summed E-state index contributed by atoms with van der Waals surface area (Å²) >= 11 is 2.84. The molecule has 32 heavy (non-hydrogen) atoms. The number of aromatic nitrogens is 1. The van der Waals surface area contributed by atoms with E-state index in [0.29, 0.717) is 27.0 Å². The predicted molar refractivity (Wildman–Crippen MR) is 128 cm³/mol. The Hall–Kier alpha value is -2.92. The third kappa shape index (κ3) is 3.98. The first kappa shape index (κ1) is 21.0. The molecule has 0 saturated heterocycles. The number of aliphatic imine (C=N–C) groups is 1. The topological polar surface area (TPSA) is 112 Å². The van der Waals surface area contributed by atoms with Crippen LogP contribution in [0.25, 0.3) is 21.0 Å². The zero-order valence-electron chi connectivity index (χ0n) is 16.6. The summed E-state index contributed by atoms with van der Waals surface area (Å²) in [7, 11) is -1.59. The van der Waals surface area contributed by atoms with Crippen molar-refractivity contribution in [2.24, 2.45) is 4.99 Å². The van der Waals surface area contributed by atoms with Gasteiger partial charge in [-0.15, -0.1) is 23.1 Å². The molecule has 0 fully saturated rings. The SMILES string of the molecule is O=C(O)[C@H]1CSC(c2nc3ccc(OCc4c(B(O)O)ccc5ccccc45)cc3s2)=N1. The number of benzene rings is 3. The van der Waals surface area contributed by atoms with E-state index in [9.17, 15) is 14.8 Å². The van der Waals surface area contributed by atoms with Gasteiger partial charge in [0.15, 0.2) is 6.04 Å². The monoisotopic (exact) mass is 464 g/mol. The van der Waals surface area contributed by atoms with Crippen molar-refractivity contribution in [2.45, 2.75) is 12.6 Å². The molecule has 0 unspecified atom stereocenters. The smallest absolute Gasteiger partial charge is 0.488 e. The summed E-state index contributed by atoms with van der Waals surface area (Å²) in [6.45, 7) is 0.175. The molecule has 1 atom stereocenters. The number of carboxylic acid groups (broad SMARTS) is 1. The zero-order chi connectivity index (χ0) is 22.2. The van der Waals surface area contributed by atoms with Crippen molar-refractivity contribution >= 4 is 67.7 Å². The Bertz CT molecular complexity index is 1370. The minimum atomic E-state index is -1.59. The molecule has 0 bridgehead atoms. The molecule has 0 radical (unpaired) electrons. The fraction of sp³-hybridized carbons (Fsp3) is 0.136. The van der Waals surface area contributed by atoms with E-state index in [0.717, 1.165) is 26.6 Å². The standard InChI is InChI=1S/C22H17BN2O5S2/c26-22(27)18-11-31-20(25-18)21-24-17-8-6-13(9-19(17)32-21)30-10-15-14-4-2-1-3-12(14)5-7-16(15)23(28)29/h1-9,18,28-29H,10-11H2,(H,26,27)/t18-/m1/s1. The second-order valence-electron chi connectivity index (χ2n) is 7.26. The number of fused-ring (bicyclic) bond motifs is 2. The van der Waals surface area contributed by atoms with Gasteiger partial charge >= 0.3 is 13.1 Å². The van der Waals surface area contributed by atoms with Gasteiger partial charge in [0, 0.05) is 5.75 Å². The minimum absolute atomic E-state index is 0.175. The number of ether oxygens (including phenoxy) is 1.